The van der Waals surface area contributed by atoms with Crippen LogP contribution in [-0.4, -0.2) is 41.2 Å². The summed E-state index contributed by atoms with van der Waals surface area (Å²) < 4.78 is 21.2. The van der Waals surface area contributed by atoms with Gasteiger partial charge in [0.15, 0.2) is 11.5 Å². The molecular weight excluding hydrogens is 410 g/mol. The van der Waals surface area contributed by atoms with Crippen molar-refractivity contribution >= 4 is 29.3 Å². The van der Waals surface area contributed by atoms with Crippen LogP contribution in [0.25, 0.3) is 11.5 Å². The number of aromatic nitrogens is 2. The second-order valence-electron chi connectivity index (χ2n) is 6.08. The van der Waals surface area contributed by atoms with Crippen LogP contribution in [0.1, 0.15) is 17.3 Å². The summed E-state index contributed by atoms with van der Waals surface area (Å²) in [5.41, 5.74) is 1.69. The minimum atomic E-state index is -0.402. The monoisotopic (exact) mass is 427 g/mol. The predicted molar refractivity (Wildman–Crippen MR) is 108 cm³/mol. The van der Waals surface area contributed by atoms with E-state index in [1.54, 1.807) is 49.4 Å². The number of carbonyl (C=O) groups excluding carboxylic acids is 2. The lowest BCUT2D eigenvalue weighted by Crippen LogP contribution is -2.14. The Kier molecular flexibility index (Phi) is 5.84. The second-order valence-corrected chi connectivity index (χ2v) is 7.00. The molecular formula is C20H17N3O6S. The normalized spacial score (nSPS) is 11.9. The highest BCUT2D eigenvalue weighted by atomic mass is 32.2. The van der Waals surface area contributed by atoms with Gasteiger partial charge < -0.3 is 23.9 Å². The molecule has 0 unspecified atom stereocenters. The maximum Gasteiger partial charge on any atom is 0.338 e. The Morgan fingerprint density at radius 3 is 2.70 bits per heavy atom. The van der Waals surface area contributed by atoms with Gasteiger partial charge in [-0.1, -0.05) is 11.8 Å². The number of hydrogen-bond donors (Lipinski definition) is 1. The van der Waals surface area contributed by atoms with Crippen LogP contribution in [-0.2, 0) is 9.53 Å². The molecule has 2 aromatic carbocycles. The number of fused-ring (bicyclic) bond motifs is 1. The van der Waals surface area contributed by atoms with Crippen molar-refractivity contribution in [2.45, 2.75) is 12.1 Å². The van der Waals surface area contributed by atoms with Crippen LogP contribution in [0.3, 0.4) is 0 Å². The molecule has 1 aliphatic rings. The summed E-state index contributed by atoms with van der Waals surface area (Å²) in [4.78, 5) is 23.8. The van der Waals surface area contributed by atoms with Crippen molar-refractivity contribution in [1.29, 1.82) is 0 Å². The first-order valence-corrected chi connectivity index (χ1v) is 10.0. The number of anilines is 1. The molecule has 1 amide bonds. The van der Waals surface area contributed by atoms with Gasteiger partial charge in [-0.15, -0.1) is 10.2 Å². The Morgan fingerprint density at radius 1 is 1.10 bits per heavy atom. The first kappa shape index (κ1) is 19.8. The number of amides is 1. The average Bonchev–Trinajstić information content (AvgIpc) is 3.42. The number of thioether (sulfide) groups is 1. The molecule has 0 saturated heterocycles. The molecule has 0 aliphatic carbocycles. The Balaban J connectivity index is 1.31. The summed E-state index contributed by atoms with van der Waals surface area (Å²) in [6.07, 6.45) is 0. The van der Waals surface area contributed by atoms with Gasteiger partial charge in [0.2, 0.25) is 18.6 Å². The van der Waals surface area contributed by atoms with Crippen LogP contribution in [0.5, 0.6) is 11.5 Å². The maximum absolute atomic E-state index is 12.2. The third-order valence-corrected chi connectivity index (χ3v) is 4.85. The summed E-state index contributed by atoms with van der Waals surface area (Å²) in [5, 5.41) is 11.0. The van der Waals surface area contributed by atoms with Crippen LogP contribution in [0, 0.1) is 0 Å². The fraction of sp³-hybridized carbons (Fsp3) is 0.200. The van der Waals surface area contributed by atoms with Gasteiger partial charge in [0.25, 0.3) is 5.22 Å². The van der Waals surface area contributed by atoms with Crippen LogP contribution >= 0.6 is 11.8 Å². The molecule has 30 heavy (non-hydrogen) atoms. The lowest BCUT2D eigenvalue weighted by Gasteiger charge is -2.05. The third kappa shape index (κ3) is 4.54. The van der Waals surface area contributed by atoms with E-state index in [0.717, 1.165) is 11.8 Å². The first-order chi connectivity index (χ1) is 14.6. The molecule has 0 atom stereocenters. The van der Waals surface area contributed by atoms with Crippen molar-refractivity contribution in [3.05, 3.63) is 48.0 Å². The van der Waals surface area contributed by atoms with Gasteiger partial charge in [0, 0.05) is 11.3 Å². The van der Waals surface area contributed by atoms with E-state index in [1.807, 2.05) is 0 Å². The molecule has 1 N–H and O–H groups in total. The van der Waals surface area contributed by atoms with Crippen LogP contribution < -0.4 is 14.8 Å². The summed E-state index contributed by atoms with van der Waals surface area (Å²) in [7, 11) is 0. The van der Waals surface area contributed by atoms with Gasteiger partial charge in [0.05, 0.1) is 17.9 Å². The van der Waals surface area contributed by atoms with E-state index in [2.05, 4.69) is 15.5 Å². The zero-order valence-corrected chi connectivity index (χ0v) is 16.7. The SMILES string of the molecule is CCOC(=O)c1ccc(NC(=O)CSc2nnc(-c3ccc4c(c3)OCO4)o2)cc1. The quantitative estimate of drug-likeness (QED) is 0.448. The van der Waals surface area contributed by atoms with Crippen molar-refractivity contribution in [2.75, 3.05) is 24.5 Å². The molecule has 9 nitrogen and oxygen atoms in total. The highest BCUT2D eigenvalue weighted by Crippen LogP contribution is 2.36. The first-order valence-electron chi connectivity index (χ1n) is 9.05. The lowest BCUT2D eigenvalue weighted by molar-refractivity contribution is -0.113. The number of rotatable bonds is 7. The lowest BCUT2D eigenvalue weighted by atomic mass is 10.2. The smallest absolute Gasteiger partial charge is 0.338 e. The number of benzene rings is 2. The van der Waals surface area contributed by atoms with E-state index in [4.69, 9.17) is 18.6 Å². The van der Waals surface area contributed by atoms with Gasteiger partial charge in [-0.05, 0) is 49.4 Å². The Morgan fingerprint density at radius 2 is 1.90 bits per heavy atom. The maximum atomic E-state index is 12.2. The molecule has 3 aromatic rings. The topological polar surface area (TPSA) is 113 Å². The standard InChI is InChI=1S/C20H17N3O6S/c1-2-26-19(25)12-3-6-14(7-4-12)21-17(24)10-30-20-23-22-18(29-20)13-5-8-15-16(9-13)28-11-27-15/h3-9H,2,10-11H2,1H3,(H,21,24). The van der Waals surface area contributed by atoms with Gasteiger partial charge in [-0.2, -0.15) is 0 Å². The Hall–Kier alpha value is -3.53. The van der Waals surface area contributed by atoms with Gasteiger partial charge in [-0.3, -0.25) is 4.79 Å². The van der Waals surface area contributed by atoms with Crippen LogP contribution in [0.4, 0.5) is 5.69 Å². The van der Waals surface area contributed by atoms with Crippen molar-refractivity contribution in [1.82, 2.24) is 10.2 Å². The van der Waals surface area contributed by atoms with Crippen LogP contribution in [0.2, 0.25) is 0 Å². The van der Waals surface area contributed by atoms with E-state index < -0.39 is 5.97 Å². The molecule has 0 fully saturated rings. The van der Waals surface area contributed by atoms with Gasteiger partial charge >= 0.3 is 5.97 Å². The zero-order chi connectivity index (χ0) is 20.9. The molecule has 10 heteroatoms. The van der Waals surface area contributed by atoms with E-state index in [0.29, 0.717) is 40.8 Å². The zero-order valence-electron chi connectivity index (χ0n) is 15.9. The van der Waals surface area contributed by atoms with E-state index in [1.165, 1.54) is 0 Å². The predicted octanol–water partition coefficient (Wildman–Crippen LogP) is 3.37. The number of nitrogens with zero attached hydrogens (tertiary/aromatic N) is 2. The largest absolute Gasteiger partial charge is 0.462 e. The fourth-order valence-corrected chi connectivity index (χ4v) is 3.21. The van der Waals surface area contributed by atoms with E-state index in [-0.39, 0.29) is 23.7 Å². The summed E-state index contributed by atoms with van der Waals surface area (Å²) in [5.74, 6) is 1.05. The highest BCUT2D eigenvalue weighted by Gasteiger charge is 2.17. The third-order valence-electron chi connectivity index (χ3n) is 4.03. The summed E-state index contributed by atoms with van der Waals surface area (Å²) in [6, 6.07) is 11.8. The van der Waals surface area contributed by atoms with E-state index in [9.17, 15) is 9.59 Å². The van der Waals surface area contributed by atoms with Crippen molar-refractivity contribution in [3.63, 3.8) is 0 Å². The molecule has 1 aliphatic heterocycles. The number of ether oxygens (including phenoxy) is 3. The fourth-order valence-electron chi connectivity index (χ4n) is 2.64. The number of hydrogen-bond acceptors (Lipinski definition) is 9. The van der Waals surface area contributed by atoms with Crippen molar-refractivity contribution in [3.8, 4) is 23.0 Å². The molecule has 0 radical (unpaired) electrons. The average molecular weight is 427 g/mol. The number of nitrogens with one attached hydrogen (secondary N) is 1. The van der Waals surface area contributed by atoms with Crippen LogP contribution in [0.15, 0.2) is 52.1 Å². The van der Waals surface area contributed by atoms with Crippen molar-refractivity contribution in [2.24, 2.45) is 0 Å². The van der Waals surface area contributed by atoms with Gasteiger partial charge in [0.1, 0.15) is 0 Å². The van der Waals surface area contributed by atoms with E-state index >= 15 is 0 Å². The second kappa shape index (κ2) is 8.87. The minimum Gasteiger partial charge on any atom is -0.462 e. The summed E-state index contributed by atoms with van der Waals surface area (Å²) >= 11 is 1.12. The molecule has 2 heterocycles. The van der Waals surface area contributed by atoms with Crippen molar-refractivity contribution < 1.29 is 28.2 Å². The minimum absolute atomic E-state index is 0.0857. The molecule has 0 bridgehead atoms. The Labute approximate surface area is 175 Å². The Bertz CT molecular complexity index is 1070. The van der Waals surface area contributed by atoms with Gasteiger partial charge in [-0.25, -0.2) is 4.79 Å². The molecule has 1 aromatic heterocycles. The number of carbonyl (C=O) groups is 2. The summed E-state index contributed by atoms with van der Waals surface area (Å²) in [6.45, 7) is 2.23. The highest BCUT2D eigenvalue weighted by molar-refractivity contribution is 7.99. The molecule has 0 spiro atoms. The molecule has 0 saturated carbocycles. The molecule has 154 valence electrons. The number of esters is 1. The molecule has 4 rings (SSSR count).